The van der Waals surface area contributed by atoms with Crippen LogP contribution in [0.25, 0.3) is 0 Å². The van der Waals surface area contributed by atoms with E-state index in [0.29, 0.717) is 23.0 Å². The number of carbonyl (C=O) groups excluding carboxylic acids is 1. The molecular weight excluding hydrogens is 562 g/mol. The Morgan fingerprint density at radius 3 is 2.72 bits per heavy atom. The normalized spacial score (nSPS) is 18.1. The van der Waals surface area contributed by atoms with E-state index in [0.717, 1.165) is 37.9 Å². The van der Waals surface area contributed by atoms with E-state index in [9.17, 15) is 14.5 Å². The number of nitrogens with zero attached hydrogens (tertiary/aromatic N) is 3. The fraction of sp³-hybridized carbons (Fsp3) is 0.424. The molecule has 0 saturated carbocycles. The molecule has 3 aromatic rings. The van der Waals surface area contributed by atoms with E-state index in [4.69, 9.17) is 10.5 Å². The van der Waals surface area contributed by atoms with Gasteiger partial charge in [0, 0.05) is 29.9 Å². The van der Waals surface area contributed by atoms with E-state index >= 15 is 0 Å². The lowest BCUT2D eigenvalue weighted by Crippen LogP contribution is -2.50. The quantitative estimate of drug-likeness (QED) is 0.264. The van der Waals surface area contributed by atoms with Crippen LogP contribution in [-0.4, -0.2) is 50.0 Å². The molecule has 2 atom stereocenters. The third-order valence-corrected chi connectivity index (χ3v) is 9.70. The zero-order valence-corrected chi connectivity index (χ0v) is 25.7. The summed E-state index contributed by atoms with van der Waals surface area (Å²) >= 11 is -1.19. The number of aromatic nitrogens is 2. The van der Waals surface area contributed by atoms with Gasteiger partial charge in [-0.15, -0.1) is 4.72 Å². The molecule has 1 aliphatic carbocycles. The van der Waals surface area contributed by atoms with Crippen molar-refractivity contribution in [1.82, 2.24) is 14.7 Å². The number of hydrogen-bond acceptors (Lipinski definition) is 8. The second-order valence-corrected chi connectivity index (χ2v) is 14.2. The van der Waals surface area contributed by atoms with Crippen molar-refractivity contribution in [2.24, 2.45) is 11.1 Å². The number of amides is 1. The Morgan fingerprint density at radius 1 is 1.23 bits per heavy atom. The van der Waals surface area contributed by atoms with Gasteiger partial charge in [0.1, 0.15) is 28.5 Å². The molecule has 5 rings (SSSR count). The minimum atomic E-state index is -1.19. The molecule has 4 N–H and O–H groups in total. The third-order valence-electron chi connectivity index (χ3n) is 8.14. The summed E-state index contributed by atoms with van der Waals surface area (Å²) < 4.78 is 22.0. The SMILES string of the molecule is CC(C)(C)[S+]([O-])N[C@@H]1c2ccccc2CC12CCN(c1ncc(C#CCOc3cccc(CC(N)=O)c3)nc1CO)CC2. The molecule has 43 heavy (non-hydrogen) atoms. The van der Waals surface area contributed by atoms with Crippen molar-refractivity contribution >= 4 is 23.1 Å². The first-order valence-electron chi connectivity index (χ1n) is 14.5. The molecule has 1 aliphatic heterocycles. The van der Waals surface area contributed by atoms with Crippen molar-refractivity contribution in [3.05, 3.63) is 82.8 Å². The van der Waals surface area contributed by atoms with Crippen molar-refractivity contribution in [2.75, 3.05) is 24.6 Å². The largest absolute Gasteiger partial charge is 0.598 e. The fourth-order valence-corrected chi connectivity index (χ4v) is 6.88. The average Bonchev–Trinajstić information content (AvgIpc) is 3.27. The first kappa shape index (κ1) is 30.8. The number of anilines is 1. The predicted octanol–water partition coefficient (Wildman–Crippen LogP) is 3.36. The Kier molecular flexibility index (Phi) is 9.28. The third kappa shape index (κ3) is 7.13. The Labute approximate surface area is 256 Å². The van der Waals surface area contributed by atoms with Gasteiger partial charge in [-0.05, 0) is 74.8 Å². The maximum Gasteiger partial charge on any atom is 0.221 e. The average molecular weight is 602 g/mol. The molecule has 226 valence electrons. The van der Waals surface area contributed by atoms with Gasteiger partial charge in [0.15, 0.2) is 5.82 Å². The van der Waals surface area contributed by atoms with Gasteiger partial charge < -0.3 is 25.0 Å². The van der Waals surface area contributed by atoms with Crippen LogP contribution in [0.2, 0.25) is 0 Å². The molecule has 2 heterocycles. The van der Waals surface area contributed by atoms with Gasteiger partial charge in [0.25, 0.3) is 0 Å². The number of carbonyl (C=O) groups is 1. The molecular formula is C33H39N5O4S. The standard InChI is InChI=1S/C33H39N5O4S/c1-32(2,3)43(41)37-30-27-12-5-4-9-24(27)20-33(30)13-15-38(16-14-33)31-28(22-39)36-25(21-35-31)10-7-17-42-26-11-6-8-23(18-26)19-29(34)40/h4-6,8-9,11-12,18,21,30,37,39H,13-17,19-20,22H2,1-3H3,(H2,34,40)/t30-,43?/m1/s1. The molecule has 1 fully saturated rings. The number of benzene rings is 2. The second kappa shape index (κ2) is 12.9. The van der Waals surface area contributed by atoms with Crippen molar-refractivity contribution in [2.45, 2.75) is 63.9 Å². The topological polar surface area (TPSA) is 137 Å². The van der Waals surface area contributed by atoms with Gasteiger partial charge in [-0.25, -0.2) is 9.97 Å². The Morgan fingerprint density at radius 2 is 2.00 bits per heavy atom. The fourth-order valence-electron chi connectivity index (χ4n) is 5.93. The molecule has 0 radical (unpaired) electrons. The number of hydrogen-bond donors (Lipinski definition) is 3. The summed E-state index contributed by atoms with van der Waals surface area (Å²) in [5.74, 6) is 6.77. The number of rotatable bonds is 8. The molecule has 9 nitrogen and oxygen atoms in total. The van der Waals surface area contributed by atoms with Crippen LogP contribution < -0.4 is 20.1 Å². The molecule has 1 unspecified atom stereocenters. The van der Waals surface area contributed by atoms with Gasteiger partial charge in [0.05, 0.1) is 25.3 Å². The van der Waals surface area contributed by atoms with Gasteiger partial charge in [-0.3, -0.25) is 4.79 Å². The highest BCUT2D eigenvalue weighted by atomic mass is 32.2. The Balaban J connectivity index is 1.24. The molecule has 1 aromatic heterocycles. The maximum atomic E-state index is 13.2. The smallest absolute Gasteiger partial charge is 0.221 e. The first-order valence-corrected chi connectivity index (χ1v) is 15.7. The van der Waals surface area contributed by atoms with Crippen LogP contribution in [0.3, 0.4) is 0 Å². The molecule has 10 heteroatoms. The summed E-state index contributed by atoms with van der Waals surface area (Å²) in [6, 6.07) is 15.7. The van der Waals surface area contributed by atoms with Gasteiger partial charge in [0.2, 0.25) is 5.91 Å². The molecule has 1 amide bonds. The lowest BCUT2D eigenvalue weighted by atomic mass is 9.73. The number of primary amides is 1. The number of nitrogens with one attached hydrogen (secondary N) is 1. The van der Waals surface area contributed by atoms with Crippen LogP contribution in [0, 0.1) is 17.3 Å². The summed E-state index contributed by atoms with van der Waals surface area (Å²) in [7, 11) is 0. The van der Waals surface area contributed by atoms with Crippen LogP contribution in [0.4, 0.5) is 5.82 Å². The van der Waals surface area contributed by atoms with Crippen LogP contribution in [-0.2, 0) is 35.6 Å². The Hall–Kier alpha value is -3.62. The highest BCUT2D eigenvalue weighted by molar-refractivity contribution is 7.90. The molecule has 2 aliphatic rings. The maximum absolute atomic E-state index is 13.2. The number of aliphatic hydroxyl groups excluding tert-OH is 1. The lowest BCUT2D eigenvalue weighted by Gasteiger charge is -2.44. The van der Waals surface area contributed by atoms with Crippen molar-refractivity contribution in [3.63, 3.8) is 0 Å². The molecule has 1 spiro atoms. The zero-order valence-electron chi connectivity index (χ0n) is 24.9. The lowest BCUT2D eigenvalue weighted by molar-refractivity contribution is -0.117. The predicted molar refractivity (Wildman–Crippen MR) is 167 cm³/mol. The summed E-state index contributed by atoms with van der Waals surface area (Å²) in [5.41, 5.74) is 9.51. The second-order valence-electron chi connectivity index (χ2n) is 12.2. The van der Waals surface area contributed by atoms with Crippen LogP contribution >= 0.6 is 0 Å². The van der Waals surface area contributed by atoms with Crippen LogP contribution in [0.5, 0.6) is 5.75 Å². The van der Waals surface area contributed by atoms with Crippen molar-refractivity contribution in [3.8, 4) is 17.6 Å². The highest BCUT2D eigenvalue weighted by Crippen LogP contribution is 2.53. The monoisotopic (exact) mass is 601 g/mol. The zero-order chi connectivity index (χ0) is 30.6. The number of aliphatic hydroxyl groups is 1. The number of nitrogens with two attached hydrogens (primary N) is 1. The number of fused-ring (bicyclic) bond motifs is 1. The summed E-state index contributed by atoms with van der Waals surface area (Å²) in [4.78, 5) is 22.6. The highest BCUT2D eigenvalue weighted by Gasteiger charge is 2.50. The van der Waals surface area contributed by atoms with E-state index in [2.05, 4.69) is 55.7 Å². The van der Waals surface area contributed by atoms with Crippen molar-refractivity contribution < 1.29 is 19.2 Å². The van der Waals surface area contributed by atoms with Crippen molar-refractivity contribution in [1.29, 1.82) is 0 Å². The first-order chi connectivity index (χ1) is 20.6. The number of ether oxygens (including phenoxy) is 1. The minimum Gasteiger partial charge on any atom is -0.598 e. The summed E-state index contributed by atoms with van der Waals surface area (Å²) in [6.07, 6.45) is 4.51. The van der Waals surface area contributed by atoms with Gasteiger partial charge in [-0.2, -0.15) is 0 Å². The van der Waals surface area contributed by atoms with E-state index in [1.165, 1.54) is 11.1 Å². The Bertz CT molecular complexity index is 1520. The van der Waals surface area contributed by atoms with Crippen LogP contribution in [0.15, 0.2) is 54.7 Å². The summed E-state index contributed by atoms with van der Waals surface area (Å²) in [5, 5.41) is 10.1. The van der Waals surface area contributed by atoms with Crippen LogP contribution in [0.1, 0.15) is 67.7 Å². The van der Waals surface area contributed by atoms with E-state index in [1.54, 1.807) is 24.4 Å². The molecule has 0 bridgehead atoms. The van der Waals surface area contributed by atoms with Gasteiger partial charge >= 0.3 is 0 Å². The van der Waals surface area contributed by atoms with E-state index in [-0.39, 0.29) is 35.8 Å². The summed E-state index contributed by atoms with van der Waals surface area (Å²) in [6.45, 7) is 7.37. The van der Waals surface area contributed by atoms with E-state index in [1.807, 2.05) is 26.8 Å². The van der Waals surface area contributed by atoms with E-state index < -0.39 is 17.3 Å². The van der Waals surface area contributed by atoms with Gasteiger partial charge in [-0.1, -0.05) is 42.3 Å². The molecule has 2 aromatic carbocycles. The minimum absolute atomic E-state index is 0.0137. The number of piperidine rings is 1. The molecule has 1 saturated heterocycles.